The lowest BCUT2D eigenvalue weighted by molar-refractivity contribution is 0.0940. The summed E-state index contributed by atoms with van der Waals surface area (Å²) < 4.78 is 26.2. The summed E-state index contributed by atoms with van der Waals surface area (Å²) in [6, 6.07) is 5.00. The number of halogens is 2. The van der Waals surface area contributed by atoms with Gasteiger partial charge in [0.25, 0.3) is 5.91 Å². The van der Waals surface area contributed by atoms with Gasteiger partial charge < -0.3 is 15.5 Å². The number of amides is 1. The molecular formula is C18H30Cl2N4O3S. The molecule has 28 heavy (non-hydrogen) atoms. The van der Waals surface area contributed by atoms with Gasteiger partial charge in [-0.15, -0.1) is 24.8 Å². The molecule has 2 aliphatic rings. The largest absolute Gasteiger partial charge is 0.371 e. The van der Waals surface area contributed by atoms with Gasteiger partial charge in [0, 0.05) is 45.5 Å². The number of anilines is 1. The maximum absolute atomic E-state index is 12.9. The van der Waals surface area contributed by atoms with Gasteiger partial charge in [-0.3, -0.25) is 4.79 Å². The lowest BCUT2D eigenvalue weighted by Gasteiger charge is -2.31. The Labute approximate surface area is 180 Å². The van der Waals surface area contributed by atoms with E-state index in [2.05, 4.69) is 15.5 Å². The van der Waals surface area contributed by atoms with Crippen molar-refractivity contribution in [3.8, 4) is 0 Å². The zero-order valence-corrected chi connectivity index (χ0v) is 18.8. The fourth-order valence-electron chi connectivity index (χ4n) is 3.52. The van der Waals surface area contributed by atoms with E-state index in [9.17, 15) is 13.2 Å². The van der Waals surface area contributed by atoms with E-state index in [1.807, 2.05) is 0 Å². The molecule has 1 unspecified atom stereocenters. The molecule has 0 saturated carbocycles. The number of sulfonamides is 1. The molecule has 1 aromatic carbocycles. The van der Waals surface area contributed by atoms with Crippen LogP contribution in [-0.4, -0.2) is 64.9 Å². The van der Waals surface area contributed by atoms with Crippen molar-refractivity contribution in [2.75, 3.05) is 45.2 Å². The van der Waals surface area contributed by atoms with Crippen LogP contribution in [0.4, 0.5) is 5.69 Å². The van der Waals surface area contributed by atoms with Crippen molar-refractivity contribution in [2.45, 2.75) is 36.6 Å². The molecule has 2 N–H and O–H groups in total. The Morgan fingerprint density at radius 2 is 1.86 bits per heavy atom. The highest BCUT2D eigenvalue weighted by Crippen LogP contribution is 2.28. The SMILES string of the molecule is CN(C)S(=O)(=O)c1ccc(N2CCCCC2)c(C(=O)NC2CCNC2)c1.Cl.Cl. The third-order valence-corrected chi connectivity index (χ3v) is 6.89. The quantitative estimate of drug-likeness (QED) is 0.712. The molecule has 0 aromatic heterocycles. The highest BCUT2D eigenvalue weighted by molar-refractivity contribution is 7.89. The predicted octanol–water partition coefficient (Wildman–Crippen LogP) is 1.86. The summed E-state index contributed by atoms with van der Waals surface area (Å²) in [4.78, 5) is 15.3. The van der Waals surface area contributed by atoms with Crippen LogP contribution in [0, 0.1) is 0 Å². The summed E-state index contributed by atoms with van der Waals surface area (Å²) >= 11 is 0. The van der Waals surface area contributed by atoms with Crippen LogP contribution >= 0.6 is 24.8 Å². The second-order valence-corrected chi connectivity index (χ2v) is 9.33. The van der Waals surface area contributed by atoms with Crippen molar-refractivity contribution in [2.24, 2.45) is 0 Å². The second kappa shape index (κ2) is 10.6. The van der Waals surface area contributed by atoms with E-state index < -0.39 is 10.0 Å². The minimum absolute atomic E-state index is 0. The molecule has 10 heteroatoms. The maximum Gasteiger partial charge on any atom is 0.253 e. The van der Waals surface area contributed by atoms with E-state index in [1.165, 1.54) is 30.9 Å². The van der Waals surface area contributed by atoms with Crippen LogP contribution < -0.4 is 15.5 Å². The van der Waals surface area contributed by atoms with E-state index in [4.69, 9.17) is 0 Å². The van der Waals surface area contributed by atoms with Crippen molar-refractivity contribution >= 4 is 46.4 Å². The van der Waals surface area contributed by atoms with Crippen molar-refractivity contribution in [3.05, 3.63) is 23.8 Å². The lowest BCUT2D eigenvalue weighted by atomic mass is 10.1. The summed E-state index contributed by atoms with van der Waals surface area (Å²) in [5.74, 6) is -0.199. The molecule has 0 bridgehead atoms. The fourth-order valence-corrected chi connectivity index (χ4v) is 4.45. The van der Waals surface area contributed by atoms with E-state index in [0.29, 0.717) is 5.56 Å². The number of nitrogens with one attached hydrogen (secondary N) is 2. The van der Waals surface area contributed by atoms with Gasteiger partial charge in [0.05, 0.1) is 10.5 Å². The van der Waals surface area contributed by atoms with Crippen LogP contribution in [0.25, 0.3) is 0 Å². The fraction of sp³-hybridized carbons (Fsp3) is 0.611. The summed E-state index contributed by atoms with van der Waals surface area (Å²) in [7, 11) is -0.589. The van der Waals surface area contributed by atoms with Gasteiger partial charge in [-0.1, -0.05) is 0 Å². The van der Waals surface area contributed by atoms with E-state index in [-0.39, 0.29) is 41.7 Å². The van der Waals surface area contributed by atoms with Crippen LogP contribution in [-0.2, 0) is 10.0 Å². The molecule has 0 aliphatic carbocycles. The number of rotatable bonds is 5. The van der Waals surface area contributed by atoms with E-state index in [0.717, 1.165) is 51.1 Å². The second-order valence-electron chi connectivity index (χ2n) is 7.18. The van der Waals surface area contributed by atoms with Crippen molar-refractivity contribution < 1.29 is 13.2 Å². The molecule has 2 saturated heterocycles. The third kappa shape index (κ3) is 5.51. The Hall–Kier alpha value is -1.06. The summed E-state index contributed by atoms with van der Waals surface area (Å²) in [5, 5.41) is 6.28. The predicted molar refractivity (Wildman–Crippen MR) is 117 cm³/mol. The van der Waals surface area contributed by atoms with Gasteiger partial charge in [0.15, 0.2) is 0 Å². The van der Waals surface area contributed by atoms with Crippen molar-refractivity contribution in [1.82, 2.24) is 14.9 Å². The first-order valence-electron chi connectivity index (χ1n) is 9.22. The Morgan fingerprint density at radius 1 is 1.18 bits per heavy atom. The standard InChI is InChI=1S/C18H28N4O3S.2ClH/c1-21(2)26(24,25)15-6-7-17(22-10-4-3-5-11-22)16(12-15)18(23)20-14-8-9-19-13-14;;/h6-7,12,14,19H,3-5,8-11,13H2,1-2H3,(H,20,23);2*1H. The Bertz CT molecular complexity index is 762. The number of piperidine rings is 1. The average molecular weight is 453 g/mol. The molecule has 2 aliphatic heterocycles. The molecule has 0 radical (unpaired) electrons. The summed E-state index contributed by atoms with van der Waals surface area (Å²) in [5.41, 5.74) is 1.27. The zero-order valence-electron chi connectivity index (χ0n) is 16.3. The van der Waals surface area contributed by atoms with Crippen LogP contribution in [0.15, 0.2) is 23.1 Å². The van der Waals surface area contributed by atoms with Gasteiger partial charge in [0.1, 0.15) is 0 Å². The molecule has 3 rings (SSSR count). The van der Waals surface area contributed by atoms with Gasteiger partial charge in [0.2, 0.25) is 10.0 Å². The highest BCUT2D eigenvalue weighted by atomic mass is 35.5. The minimum atomic E-state index is -3.59. The molecule has 7 nitrogen and oxygen atoms in total. The van der Waals surface area contributed by atoms with E-state index >= 15 is 0 Å². The molecule has 1 amide bonds. The summed E-state index contributed by atoms with van der Waals surface area (Å²) in [6.07, 6.45) is 4.26. The number of benzene rings is 1. The molecule has 1 aromatic rings. The van der Waals surface area contributed by atoms with Crippen LogP contribution in [0.5, 0.6) is 0 Å². The maximum atomic E-state index is 12.9. The van der Waals surface area contributed by atoms with Crippen LogP contribution in [0.2, 0.25) is 0 Å². The number of carbonyl (C=O) groups is 1. The van der Waals surface area contributed by atoms with Gasteiger partial charge in [-0.2, -0.15) is 0 Å². The number of hydrogen-bond donors (Lipinski definition) is 2. The van der Waals surface area contributed by atoms with Crippen molar-refractivity contribution in [1.29, 1.82) is 0 Å². The molecule has 2 fully saturated rings. The smallest absolute Gasteiger partial charge is 0.253 e. The van der Waals surface area contributed by atoms with Gasteiger partial charge in [-0.05, 0) is 50.4 Å². The monoisotopic (exact) mass is 452 g/mol. The van der Waals surface area contributed by atoms with Crippen LogP contribution in [0.1, 0.15) is 36.0 Å². The lowest BCUT2D eigenvalue weighted by Crippen LogP contribution is -2.38. The summed E-state index contributed by atoms with van der Waals surface area (Å²) in [6.45, 7) is 3.43. The number of carbonyl (C=O) groups excluding carboxylic acids is 1. The number of nitrogens with zero attached hydrogens (tertiary/aromatic N) is 2. The highest BCUT2D eigenvalue weighted by Gasteiger charge is 2.26. The first kappa shape index (κ1) is 25.0. The van der Waals surface area contributed by atoms with Gasteiger partial charge in [-0.25, -0.2) is 12.7 Å². The van der Waals surface area contributed by atoms with Crippen molar-refractivity contribution in [3.63, 3.8) is 0 Å². The molecule has 0 spiro atoms. The normalized spacial score (nSPS) is 19.7. The minimum Gasteiger partial charge on any atom is -0.371 e. The molecule has 2 heterocycles. The third-order valence-electron chi connectivity index (χ3n) is 5.08. The Morgan fingerprint density at radius 3 is 2.43 bits per heavy atom. The average Bonchev–Trinajstić information content (AvgIpc) is 3.14. The Balaban J connectivity index is 0.00000196. The zero-order chi connectivity index (χ0) is 18.7. The van der Waals surface area contributed by atoms with E-state index in [1.54, 1.807) is 12.1 Å². The van der Waals surface area contributed by atoms with Crippen LogP contribution in [0.3, 0.4) is 0 Å². The molecule has 160 valence electrons. The number of hydrogen-bond acceptors (Lipinski definition) is 5. The first-order chi connectivity index (χ1) is 12.4. The molecule has 1 atom stereocenters. The molecular weight excluding hydrogens is 423 g/mol. The van der Waals surface area contributed by atoms with Gasteiger partial charge >= 0.3 is 0 Å². The first-order valence-corrected chi connectivity index (χ1v) is 10.7. The topological polar surface area (TPSA) is 81.8 Å². The Kier molecular flexibility index (Phi) is 9.49.